The van der Waals surface area contributed by atoms with E-state index in [2.05, 4.69) is 17.4 Å². The molecule has 4 heteroatoms. The molecular weight excluding hydrogens is 329 g/mol. The van der Waals surface area contributed by atoms with Gasteiger partial charge in [-0.15, -0.1) is 0 Å². The van der Waals surface area contributed by atoms with Crippen LogP contribution in [0.2, 0.25) is 10.0 Å². The Morgan fingerprint density at radius 3 is 2.43 bits per heavy atom. The van der Waals surface area contributed by atoms with E-state index in [1.807, 2.05) is 36.4 Å². The van der Waals surface area contributed by atoms with Gasteiger partial charge in [-0.1, -0.05) is 59.6 Å². The molecule has 0 spiro atoms. The zero-order valence-electron chi connectivity index (χ0n) is 12.9. The summed E-state index contributed by atoms with van der Waals surface area (Å²) in [5.41, 5.74) is 1.64. The molecule has 1 atom stereocenters. The summed E-state index contributed by atoms with van der Waals surface area (Å²) in [6.07, 6.45) is 2.75. The van der Waals surface area contributed by atoms with Crippen LogP contribution in [0.15, 0.2) is 48.5 Å². The van der Waals surface area contributed by atoms with Crippen molar-refractivity contribution in [1.82, 2.24) is 5.32 Å². The fourth-order valence-corrected chi connectivity index (χ4v) is 3.50. The van der Waals surface area contributed by atoms with Crippen molar-refractivity contribution in [3.8, 4) is 0 Å². The largest absolute Gasteiger partial charge is 0.389 e. The SMILES string of the molecule is OC1(C(CNCc2ccccc2)c2ccc(Cl)c(Cl)c2)CCC1.[HH]. The first-order valence-corrected chi connectivity index (χ1v) is 8.76. The molecule has 1 unspecified atom stereocenters. The van der Waals surface area contributed by atoms with E-state index in [9.17, 15) is 5.11 Å². The molecule has 0 radical (unpaired) electrons. The first-order chi connectivity index (χ1) is 11.1. The maximum Gasteiger partial charge on any atom is 0.0728 e. The van der Waals surface area contributed by atoms with Gasteiger partial charge in [0, 0.05) is 20.4 Å². The van der Waals surface area contributed by atoms with Gasteiger partial charge >= 0.3 is 0 Å². The highest BCUT2D eigenvalue weighted by molar-refractivity contribution is 6.42. The molecule has 2 N–H and O–H groups in total. The highest BCUT2D eigenvalue weighted by Crippen LogP contribution is 2.44. The number of nitrogens with one attached hydrogen (secondary N) is 1. The van der Waals surface area contributed by atoms with Gasteiger partial charge in [0.15, 0.2) is 0 Å². The minimum Gasteiger partial charge on any atom is -0.389 e. The molecule has 0 aliphatic heterocycles. The van der Waals surface area contributed by atoms with Gasteiger partial charge in [-0.2, -0.15) is 0 Å². The Bertz CT molecular complexity index is 662. The van der Waals surface area contributed by atoms with Crippen LogP contribution in [0.4, 0.5) is 0 Å². The normalized spacial score (nSPS) is 17.5. The predicted molar refractivity (Wildman–Crippen MR) is 98.3 cm³/mol. The van der Waals surface area contributed by atoms with E-state index < -0.39 is 5.60 Å². The Balaban J connectivity index is 0.00000208. The van der Waals surface area contributed by atoms with Crippen LogP contribution in [0.1, 0.15) is 37.7 Å². The third kappa shape index (κ3) is 3.89. The molecule has 0 amide bonds. The Morgan fingerprint density at radius 2 is 1.83 bits per heavy atom. The van der Waals surface area contributed by atoms with Crippen LogP contribution in [0.5, 0.6) is 0 Å². The summed E-state index contributed by atoms with van der Waals surface area (Å²) >= 11 is 12.2. The van der Waals surface area contributed by atoms with E-state index in [1.165, 1.54) is 5.56 Å². The van der Waals surface area contributed by atoms with Crippen LogP contribution in [-0.4, -0.2) is 17.3 Å². The summed E-state index contributed by atoms with van der Waals surface area (Å²) < 4.78 is 0. The van der Waals surface area contributed by atoms with Crippen molar-refractivity contribution in [3.63, 3.8) is 0 Å². The monoisotopic (exact) mass is 351 g/mol. The fraction of sp³-hybridized carbons (Fsp3) is 0.368. The minimum absolute atomic E-state index is 0. The van der Waals surface area contributed by atoms with E-state index in [0.29, 0.717) is 16.6 Å². The van der Waals surface area contributed by atoms with E-state index in [4.69, 9.17) is 23.2 Å². The highest BCUT2D eigenvalue weighted by atomic mass is 35.5. The van der Waals surface area contributed by atoms with Crippen LogP contribution >= 0.6 is 23.2 Å². The van der Waals surface area contributed by atoms with Crippen molar-refractivity contribution in [3.05, 3.63) is 69.7 Å². The fourth-order valence-electron chi connectivity index (χ4n) is 3.19. The van der Waals surface area contributed by atoms with Gasteiger partial charge in [-0.25, -0.2) is 0 Å². The Labute approximate surface area is 148 Å². The van der Waals surface area contributed by atoms with Gasteiger partial charge in [0.2, 0.25) is 0 Å². The second-order valence-corrected chi connectivity index (χ2v) is 7.11. The van der Waals surface area contributed by atoms with E-state index in [0.717, 1.165) is 31.4 Å². The molecule has 0 bridgehead atoms. The zero-order valence-corrected chi connectivity index (χ0v) is 14.4. The van der Waals surface area contributed by atoms with Gasteiger partial charge in [-0.3, -0.25) is 0 Å². The molecule has 2 aromatic carbocycles. The number of halogens is 2. The van der Waals surface area contributed by atoms with E-state index in [-0.39, 0.29) is 7.34 Å². The number of benzene rings is 2. The molecule has 2 nitrogen and oxygen atoms in total. The standard InChI is InChI=1S/C19H21Cl2NO.H2/c20-17-8-7-15(11-18(17)21)16(19(23)9-4-10-19)13-22-12-14-5-2-1-3-6-14;/h1-3,5-8,11,16,22-23H,4,9-10,12-13H2;1H. The number of hydrogen-bond acceptors (Lipinski definition) is 2. The second kappa shape index (κ2) is 7.23. The lowest BCUT2D eigenvalue weighted by atomic mass is 9.68. The molecule has 2 aromatic rings. The topological polar surface area (TPSA) is 32.3 Å². The van der Waals surface area contributed by atoms with Gasteiger partial charge in [0.1, 0.15) is 0 Å². The van der Waals surface area contributed by atoms with E-state index >= 15 is 0 Å². The highest BCUT2D eigenvalue weighted by Gasteiger charge is 2.42. The van der Waals surface area contributed by atoms with Crippen LogP contribution in [0.3, 0.4) is 0 Å². The average molecular weight is 352 g/mol. The predicted octanol–water partition coefficient (Wildman–Crippen LogP) is 5.03. The maximum absolute atomic E-state index is 10.9. The number of aliphatic hydroxyl groups is 1. The third-order valence-corrected chi connectivity index (χ3v) is 5.47. The van der Waals surface area contributed by atoms with Crippen molar-refractivity contribution >= 4 is 23.2 Å². The van der Waals surface area contributed by atoms with Crippen molar-refractivity contribution in [1.29, 1.82) is 0 Å². The third-order valence-electron chi connectivity index (χ3n) is 4.73. The Kier molecular flexibility index (Phi) is 5.27. The number of rotatable bonds is 6. The maximum atomic E-state index is 10.9. The van der Waals surface area contributed by atoms with Crippen molar-refractivity contribution in [2.75, 3.05) is 6.54 Å². The minimum atomic E-state index is -0.638. The second-order valence-electron chi connectivity index (χ2n) is 6.30. The van der Waals surface area contributed by atoms with Gasteiger partial charge in [0.25, 0.3) is 0 Å². The molecule has 0 aromatic heterocycles. The first kappa shape index (κ1) is 16.8. The lowest BCUT2D eigenvalue weighted by Crippen LogP contribution is -2.46. The Hall–Kier alpha value is -1.06. The molecule has 1 aliphatic carbocycles. The van der Waals surface area contributed by atoms with Crippen molar-refractivity contribution in [2.45, 2.75) is 37.3 Å². The molecule has 1 fully saturated rings. The zero-order chi connectivity index (χ0) is 16.3. The summed E-state index contributed by atoms with van der Waals surface area (Å²) in [4.78, 5) is 0. The first-order valence-electron chi connectivity index (χ1n) is 8.00. The lowest BCUT2D eigenvalue weighted by Gasteiger charge is -2.44. The summed E-state index contributed by atoms with van der Waals surface area (Å²) in [5, 5.41) is 15.4. The Morgan fingerprint density at radius 1 is 1.09 bits per heavy atom. The molecule has 124 valence electrons. The molecule has 23 heavy (non-hydrogen) atoms. The van der Waals surface area contributed by atoms with E-state index in [1.54, 1.807) is 0 Å². The smallest absolute Gasteiger partial charge is 0.0728 e. The van der Waals surface area contributed by atoms with Crippen LogP contribution in [0.25, 0.3) is 0 Å². The van der Waals surface area contributed by atoms with Gasteiger partial charge in [0.05, 0.1) is 15.6 Å². The molecule has 0 heterocycles. The van der Waals surface area contributed by atoms with Crippen LogP contribution in [0, 0.1) is 0 Å². The molecular formula is C19H23Cl2NO. The molecule has 1 aliphatic rings. The summed E-state index contributed by atoms with van der Waals surface area (Å²) in [6.45, 7) is 1.50. The summed E-state index contributed by atoms with van der Waals surface area (Å²) in [6, 6.07) is 15.9. The lowest BCUT2D eigenvalue weighted by molar-refractivity contribution is -0.0569. The number of hydrogen-bond donors (Lipinski definition) is 2. The molecule has 0 saturated heterocycles. The molecule has 3 rings (SSSR count). The van der Waals surface area contributed by atoms with Crippen LogP contribution in [-0.2, 0) is 6.54 Å². The van der Waals surface area contributed by atoms with Gasteiger partial charge < -0.3 is 10.4 Å². The average Bonchev–Trinajstić information content (AvgIpc) is 2.53. The van der Waals surface area contributed by atoms with Crippen LogP contribution < -0.4 is 5.32 Å². The summed E-state index contributed by atoms with van der Waals surface area (Å²) in [7, 11) is 0. The van der Waals surface area contributed by atoms with Gasteiger partial charge in [-0.05, 0) is 42.5 Å². The summed E-state index contributed by atoms with van der Waals surface area (Å²) in [5.74, 6) is 0.0229. The quantitative estimate of drug-likeness (QED) is 0.764. The van der Waals surface area contributed by atoms with Crippen molar-refractivity contribution in [2.24, 2.45) is 0 Å². The molecule has 1 saturated carbocycles. The van der Waals surface area contributed by atoms with Crippen molar-refractivity contribution < 1.29 is 6.53 Å².